The fraction of sp³-hybridized carbons (Fsp3) is 0.533. The van der Waals surface area contributed by atoms with Crippen LogP contribution in [0, 0.1) is 0 Å². The van der Waals surface area contributed by atoms with Gasteiger partial charge in [0.25, 0.3) is 0 Å². The van der Waals surface area contributed by atoms with Gasteiger partial charge in [-0.05, 0) is 13.1 Å². The zero-order valence-electron chi connectivity index (χ0n) is 14.1. The predicted octanol–water partition coefficient (Wildman–Crippen LogP) is 1.04. The second kappa shape index (κ2) is 9.92. The lowest BCUT2D eigenvalue weighted by molar-refractivity contribution is -0.192. The number of alkyl halides is 3. The first-order chi connectivity index (χ1) is 12.1. The van der Waals surface area contributed by atoms with Crippen LogP contribution in [-0.2, 0) is 4.79 Å². The number of aliphatic carboxylic acids is 1. The summed E-state index contributed by atoms with van der Waals surface area (Å²) in [5.74, 6) is -3.42. The molecule has 0 aromatic carbocycles. The molecule has 1 aromatic rings. The van der Waals surface area contributed by atoms with E-state index in [-0.39, 0.29) is 5.69 Å². The van der Waals surface area contributed by atoms with Gasteiger partial charge in [0.15, 0.2) is 5.69 Å². The third kappa shape index (κ3) is 8.12. The summed E-state index contributed by atoms with van der Waals surface area (Å²) >= 11 is 0. The number of likely N-dealkylation sites (N-methyl/N-ethyl adjacent to an activating group) is 1. The maximum atomic E-state index is 10.8. The molecule has 146 valence electrons. The number of piperazine rings is 1. The molecule has 1 aromatic heterocycles. The Labute approximate surface area is 147 Å². The van der Waals surface area contributed by atoms with E-state index in [1.54, 1.807) is 12.1 Å². The quantitative estimate of drug-likeness (QED) is 0.782. The molecule has 8 nitrogen and oxygen atoms in total. The minimum Gasteiger partial charge on any atom is -0.477 e. The van der Waals surface area contributed by atoms with Crippen molar-refractivity contribution in [3.63, 3.8) is 0 Å². The van der Waals surface area contributed by atoms with E-state index >= 15 is 0 Å². The van der Waals surface area contributed by atoms with E-state index in [9.17, 15) is 18.0 Å². The largest absolute Gasteiger partial charge is 0.490 e. The smallest absolute Gasteiger partial charge is 0.477 e. The number of carboxylic acid groups (broad SMARTS) is 2. The summed E-state index contributed by atoms with van der Waals surface area (Å²) < 4.78 is 37.2. The van der Waals surface area contributed by atoms with Gasteiger partial charge in [0.1, 0.15) is 6.61 Å². The molecule has 0 atom stereocenters. The van der Waals surface area contributed by atoms with Crippen molar-refractivity contribution in [2.75, 3.05) is 46.4 Å². The number of rotatable bonds is 5. The van der Waals surface area contributed by atoms with Crippen LogP contribution >= 0.6 is 0 Å². The van der Waals surface area contributed by atoms with Gasteiger partial charge in [-0.3, -0.25) is 4.90 Å². The van der Waals surface area contributed by atoms with Crippen molar-refractivity contribution >= 4 is 11.9 Å². The van der Waals surface area contributed by atoms with Crippen molar-refractivity contribution in [1.82, 2.24) is 14.8 Å². The molecule has 1 aliphatic heterocycles. The second-order valence-corrected chi connectivity index (χ2v) is 5.46. The highest BCUT2D eigenvalue weighted by Gasteiger charge is 2.38. The van der Waals surface area contributed by atoms with Crippen LogP contribution in [-0.4, -0.2) is 89.5 Å². The zero-order chi connectivity index (χ0) is 19.7. The highest BCUT2D eigenvalue weighted by Crippen LogP contribution is 2.13. The van der Waals surface area contributed by atoms with Crippen LogP contribution in [0.2, 0.25) is 0 Å². The van der Waals surface area contributed by atoms with E-state index in [2.05, 4.69) is 21.8 Å². The Balaban J connectivity index is 0.000000412. The minimum absolute atomic E-state index is 0.0112. The standard InChI is InChI=1S/C13H19N3O3.C2HF3O2/c1-15-5-7-16(8-6-15)9-10-19-12-4-2-3-11(14-12)13(17)18;3-2(4,5)1(6)7/h2-4H,5-10H2,1H3,(H,17,18);(H,6,7). The summed E-state index contributed by atoms with van der Waals surface area (Å²) in [5, 5.41) is 16.0. The minimum atomic E-state index is -5.08. The lowest BCUT2D eigenvalue weighted by atomic mass is 10.3. The van der Waals surface area contributed by atoms with Crippen molar-refractivity contribution < 1.29 is 37.7 Å². The molecule has 0 amide bonds. The number of halogens is 3. The van der Waals surface area contributed by atoms with Crippen molar-refractivity contribution in [3.05, 3.63) is 23.9 Å². The van der Waals surface area contributed by atoms with Gasteiger partial charge in [-0.15, -0.1) is 0 Å². The maximum absolute atomic E-state index is 10.8. The lowest BCUT2D eigenvalue weighted by Crippen LogP contribution is -2.45. The number of pyridine rings is 1. The third-order valence-corrected chi connectivity index (χ3v) is 3.44. The fourth-order valence-electron chi connectivity index (χ4n) is 1.97. The van der Waals surface area contributed by atoms with Gasteiger partial charge in [-0.1, -0.05) is 6.07 Å². The molecule has 0 aliphatic carbocycles. The van der Waals surface area contributed by atoms with Crippen molar-refractivity contribution in [1.29, 1.82) is 0 Å². The summed E-state index contributed by atoms with van der Waals surface area (Å²) in [6.45, 7) is 5.61. The molecule has 2 N–H and O–H groups in total. The summed E-state index contributed by atoms with van der Waals surface area (Å²) in [6, 6.07) is 4.77. The Kier molecular flexibility index (Phi) is 8.26. The summed E-state index contributed by atoms with van der Waals surface area (Å²) in [5.41, 5.74) is 0.0112. The molecule has 0 spiro atoms. The number of ether oxygens (including phenoxy) is 1. The molecule has 2 heterocycles. The number of hydrogen-bond donors (Lipinski definition) is 2. The molecule has 26 heavy (non-hydrogen) atoms. The number of aromatic carboxylic acids is 1. The average Bonchev–Trinajstić information content (AvgIpc) is 2.56. The highest BCUT2D eigenvalue weighted by molar-refractivity contribution is 5.85. The van der Waals surface area contributed by atoms with Gasteiger partial charge >= 0.3 is 18.1 Å². The van der Waals surface area contributed by atoms with E-state index in [1.165, 1.54) is 6.07 Å². The molecule has 1 saturated heterocycles. The number of carbonyl (C=O) groups is 2. The van der Waals surface area contributed by atoms with E-state index in [4.69, 9.17) is 19.7 Å². The molecule has 1 fully saturated rings. The predicted molar refractivity (Wildman–Crippen MR) is 84.3 cm³/mol. The van der Waals surface area contributed by atoms with Gasteiger partial charge in [-0.25, -0.2) is 14.6 Å². The van der Waals surface area contributed by atoms with Gasteiger partial charge in [0.05, 0.1) is 0 Å². The Morgan fingerprint density at radius 3 is 2.27 bits per heavy atom. The average molecular weight is 379 g/mol. The molecule has 2 rings (SSSR count). The normalized spacial score (nSPS) is 15.7. The first-order valence-corrected chi connectivity index (χ1v) is 7.63. The van der Waals surface area contributed by atoms with E-state index in [0.29, 0.717) is 12.5 Å². The molecule has 1 aliphatic rings. The maximum Gasteiger partial charge on any atom is 0.490 e. The zero-order valence-corrected chi connectivity index (χ0v) is 14.1. The monoisotopic (exact) mass is 379 g/mol. The molecular formula is C15H20F3N3O5. The Hall–Kier alpha value is -2.40. The van der Waals surface area contributed by atoms with Crippen LogP contribution in [0.15, 0.2) is 18.2 Å². The van der Waals surface area contributed by atoms with E-state index in [0.717, 1.165) is 32.7 Å². The van der Waals surface area contributed by atoms with Gasteiger partial charge in [0.2, 0.25) is 5.88 Å². The van der Waals surface area contributed by atoms with Crippen LogP contribution in [0.5, 0.6) is 5.88 Å². The van der Waals surface area contributed by atoms with Crippen LogP contribution in [0.1, 0.15) is 10.5 Å². The first kappa shape index (κ1) is 21.6. The van der Waals surface area contributed by atoms with Crippen molar-refractivity contribution in [2.45, 2.75) is 6.18 Å². The Morgan fingerprint density at radius 1 is 1.19 bits per heavy atom. The van der Waals surface area contributed by atoms with Gasteiger partial charge in [-0.2, -0.15) is 13.2 Å². The highest BCUT2D eigenvalue weighted by atomic mass is 19.4. The topological polar surface area (TPSA) is 103 Å². The Bertz CT molecular complexity index is 604. The second-order valence-electron chi connectivity index (χ2n) is 5.46. The Morgan fingerprint density at radius 2 is 1.77 bits per heavy atom. The van der Waals surface area contributed by atoms with E-state index < -0.39 is 18.1 Å². The SMILES string of the molecule is CN1CCN(CCOc2cccc(C(=O)O)n2)CC1.O=C(O)C(F)(F)F. The van der Waals surface area contributed by atoms with Crippen LogP contribution in [0.3, 0.4) is 0 Å². The number of nitrogens with zero attached hydrogens (tertiary/aromatic N) is 3. The summed E-state index contributed by atoms with van der Waals surface area (Å²) in [7, 11) is 2.12. The molecule has 0 saturated carbocycles. The van der Waals surface area contributed by atoms with Gasteiger partial charge < -0.3 is 19.8 Å². The van der Waals surface area contributed by atoms with Crippen LogP contribution in [0.4, 0.5) is 13.2 Å². The van der Waals surface area contributed by atoms with E-state index in [1.807, 2.05) is 0 Å². The van der Waals surface area contributed by atoms with Gasteiger partial charge in [0, 0.05) is 38.8 Å². The fourth-order valence-corrected chi connectivity index (χ4v) is 1.97. The third-order valence-electron chi connectivity index (χ3n) is 3.44. The molecule has 0 bridgehead atoms. The number of aromatic nitrogens is 1. The van der Waals surface area contributed by atoms with Crippen molar-refractivity contribution in [3.8, 4) is 5.88 Å². The first-order valence-electron chi connectivity index (χ1n) is 7.63. The van der Waals surface area contributed by atoms with Crippen LogP contribution < -0.4 is 4.74 Å². The molecule has 0 unspecified atom stereocenters. The lowest BCUT2D eigenvalue weighted by Gasteiger charge is -2.32. The number of carboxylic acids is 2. The summed E-state index contributed by atoms with van der Waals surface area (Å²) in [6.07, 6.45) is -5.08. The van der Waals surface area contributed by atoms with Crippen molar-refractivity contribution in [2.24, 2.45) is 0 Å². The molecule has 0 radical (unpaired) electrons. The molecule has 11 heteroatoms. The molecular weight excluding hydrogens is 359 g/mol. The number of hydrogen-bond acceptors (Lipinski definition) is 6. The summed E-state index contributed by atoms with van der Waals surface area (Å²) in [4.78, 5) is 28.2. The van der Waals surface area contributed by atoms with Crippen LogP contribution in [0.25, 0.3) is 0 Å².